The fourth-order valence-electron chi connectivity index (χ4n) is 2.45. The van der Waals surface area contributed by atoms with Crippen LogP contribution in [0.5, 0.6) is 0 Å². The minimum absolute atomic E-state index is 0.350. The zero-order chi connectivity index (χ0) is 17.5. The molecule has 0 saturated heterocycles. The fraction of sp³-hybridized carbons (Fsp3) is 0.200. The van der Waals surface area contributed by atoms with Crippen molar-refractivity contribution in [3.05, 3.63) is 71.3 Å². The molecule has 2 aromatic rings. The van der Waals surface area contributed by atoms with Crippen LogP contribution in [-0.4, -0.2) is 12.4 Å². The standard InChI is InChI=1S/C15H8F8/c16-11-7-3-1-5-9(11)13(14(18,19)20,15(21,22)23)10-6-2-4-8-12(10)17/h1-8H. The van der Waals surface area contributed by atoms with Gasteiger partial charge in [0.2, 0.25) is 5.41 Å². The third-order valence-corrected chi connectivity index (χ3v) is 3.41. The van der Waals surface area contributed by atoms with E-state index in [1.54, 1.807) is 0 Å². The van der Waals surface area contributed by atoms with Crippen molar-refractivity contribution in [1.29, 1.82) is 0 Å². The Hall–Kier alpha value is -2.12. The van der Waals surface area contributed by atoms with Crippen LogP contribution in [0.1, 0.15) is 11.1 Å². The van der Waals surface area contributed by atoms with E-state index in [1.165, 1.54) is 0 Å². The van der Waals surface area contributed by atoms with Crippen LogP contribution >= 0.6 is 0 Å². The Morgan fingerprint density at radius 1 is 0.522 bits per heavy atom. The van der Waals surface area contributed by atoms with E-state index in [4.69, 9.17) is 0 Å². The summed E-state index contributed by atoms with van der Waals surface area (Å²) in [5.74, 6) is -3.46. The van der Waals surface area contributed by atoms with Crippen molar-refractivity contribution in [2.75, 3.05) is 0 Å². The van der Waals surface area contributed by atoms with E-state index in [1.807, 2.05) is 0 Å². The SMILES string of the molecule is Fc1ccccc1C(c1ccccc1F)(C(F)(F)F)C(F)(F)F. The van der Waals surface area contributed by atoms with Crippen molar-refractivity contribution >= 4 is 0 Å². The molecule has 2 aromatic carbocycles. The van der Waals surface area contributed by atoms with Gasteiger partial charge in [-0.3, -0.25) is 0 Å². The quantitative estimate of drug-likeness (QED) is 0.644. The van der Waals surface area contributed by atoms with Gasteiger partial charge in [0, 0.05) is 11.1 Å². The highest BCUT2D eigenvalue weighted by Crippen LogP contribution is 2.57. The molecule has 0 aliphatic rings. The molecule has 0 nitrogen and oxygen atoms in total. The van der Waals surface area contributed by atoms with Crippen molar-refractivity contribution in [1.82, 2.24) is 0 Å². The van der Waals surface area contributed by atoms with Crippen LogP contribution in [0.15, 0.2) is 48.5 Å². The molecule has 23 heavy (non-hydrogen) atoms. The molecule has 0 bridgehead atoms. The second-order valence-corrected chi connectivity index (χ2v) is 4.71. The van der Waals surface area contributed by atoms with Crippen LogP contribution in [0.2, 0.25) is 0 Å². The molecule has 0 unspecified atom stereocenters. The van der Waals surface area contributed by atoms with Crippen molar-refractivity contribution in [2.45, 2.75) is 17.8 Å². The van der Waals surface area contributed by atoms with Gasteiger partial charge < -0.3 is 0 Å². The zero-order valence-corrected chi connectivity index (χ0v) is 11.1. The second kappa shape index (κ2) is 5.50. The Labute approximate surface area is 125 Å². The van der Waals surface area contributed by atoms with Gasteiger partial charge in [-0.25, -0.2) is 8.78 Å². The maximum atomic E-state index is 13.8. The second-order valence-electron chi connectivity index (χ2n) is 4.71. The molecule has 0 aliphatic carbocycles. The van der Waals surface area contributed by atoms with Gasteiger partial charge in [0.05, 0.1) is 0 Å². The Morgan fingerprint density at radius 2 is 0.826 bits per heavy atom. The summed E-state index contributed by atoms with van der Waals surface area (Å²) in [7, 11) is 0. The monoisotopic (exact) mass is 340 g/mol. The van der Waals surface area contributed by atoms with Crippen LogP contribution < -0.4 is 0 Å². The van der Waals surface area contributed by atoms with Gasteiger partial charge >= 0.3 is 12.4 Å². The Morgan fingerprint density at radius 3 is 1.09 bits per heavy atom. The first-order chi connectivity index (χ1) is 10.5. The molecule has 0 fully saturated rings. The third-order valence-electron chi connectivity index (χ3n) is 3.41. The Bertz CT molecular complexity index is 638. The number of rotatable bonds is 2. The van der Waals surface area contributed by atoms with Crippen LogP contribution in [-0.2, 0) is 5.41 Å². The van der Waals surface area contributed by atoms with Gasteiger partial charge in [-0.1, -0.05) is 36.4 Å². The lowest BCUT2D eigenvalue weighted by atomic mass is 9.72. The number of halogens is 8. The van der Waals surface area contributed by atoms with Gasteiger partial charge in [-0.2, -0.15) is 26.3 Å². The van der Waals surface area contributed by atoms with Crippen molar-refractivity contribution < 1.29 is 35.1 Å². The Kier molecular flexibility index (Phi) is 4.13. The zero-order valence-electron chi connectivity index (χ0n) is 11.1. The summed E-state index contributed by atoms with van der Waals surface area (Å²) in [6, 6.07) is 5.16. The molecule has 0 aromatic heterocycles. The number of alkyl halides is 6. The first-order valence-corrected chi connectivity index (χ1v) is 6.17. The van der Waals surface area contributed by atoms with Crippen LogP contribution in [0.4, 0.5) is 35.1 Å². The highest BCUT2D eigenvalue weighted by molar-refractivity contribution is 5.45. The van der Waals surface area contributed by atoms with E-state index in [9.17, 15) is 35.1 Å². The molecule has 2 rings (SSSR count). The molecular weight excluding hydrogens is 332 g/mol. The molecule has 124 valence electrons. The molecule has 0 saturated carbocycles. The molecule has 0 N–H and O–H groups in total. The van der Waals surface area contributed by atoms with E-state index in [0.717, 1.165) is 24.3 Å². The minimum Gasteiger partial charge on any atom is -0.207 e. The normalized spacial score (nSPS) is 13.2. The molecule has 0 radical (unpaired) electrons. The molecular formula is C15H8F8. The Balaban J connectivity index is 3.01. The first-order valence-electron chi connectivity index (χ1n) is 6.17. The van der Waals surface area contributed by atoms with Gasteiger partial charge in [0.25, 0.3) is 0 Å². The van der Waals surface area contributed by atoms with Crippen LogP contribution in [0.25, 0.3) is 0 Å². The largest absolute Gasteiger partial charge is 0.411 e. The van der Waals surface area contributed by atoms with E-state index >= 15 is 0 Å². The summed E-state index contributed by atoms with van der Waals surface area (Å²) in [6.07, 6.45) is -12.0. The molecule has 8 heteroatoms. The van der Waals surface area contributed by atoms with Crippen molar-refractivity contribution in [2.24, 2.45) is 0 Å². The average Bonchev–Trinajstić information content (AvgIpc) is 2.40. The summed E-state index contributed by atoms with van der Waals surface area (Å²) < 4.78 is 109. The van der Waals surface area contributed by atoms with Gasteiger partial charge in [0.15, 0.2) is 0 Å². The lowest BCUT2D eigenvalue weighted by Gasteiger charge is -2.38. The van der Waals surface area contributed by atoms with E-state index in [0.29, 0.717) is 24.3 Å². The summed E-state index contributed by atoms with van der Waals surface area (Å²) in [6.45, 7) is 0. The predicted octanol–water partition coefficient (Wildman–Crippen LogP) is 5.38. The van der Waals surface area contributed by atoms with Crippen molar-refractivity contribution in [3.63, 3.8) is 0 Å². The van der Waals surface area contributed by atoms with E-state index in [2.05, 4.69) is 0 Å². The van der Waals surface area contributed by atoms with Gasteiger partial charge in [-0.05, 0) is 12.1 Å². The topological polar surface area (TPSA) is 0 Å². The maximum Gasteiger partial charge on any atom is 0.411 e. The van der Waals surface area contributed by atoms with Crippen molar-refractivity contribution in [3.8, 4) is 0 Å². The summed E-state index contributed by atoms with van der Waals surface area (Å²) in [5, 5.41) is 0. The third kappa shape index (κ3) is 2.55. The van der Waals surface area contributed by atoms with Crippen LogP contribution in [0, 0.1) is 11.6 Å². The van der Waals surface area contributed by atoms with Gasteiger partial charge in [-0.15, -0.1) is 0 Å². The lowest BCUT2D eigenvalue weighted by Crippen LogP contribution is -2.55. The highest BCUT2D eigenvalue weighted by atomic mass is 19.4. The van der Waals surface area contributed by atoms with Crippen LogP contribution in [0.3, 0.4) is 0 Å². The van der Waals surface area contributed by atoms with E-state index in [-0.39, 0.29) is 0 Å². The first kappa shape index (κ1) is 17.2. The maximum absolute atomic E-state index is 13.8. The number of hydrogen-bond acceptors (Lipinski definition) is 0. The molecule has 0 amide bonds. The van der Waals surface area contributed by atoms with E-state index < -0.39 is 40.5 Å². The lowest BCUT2D eigenvalue weighted by molar-refractivity contribution is -0.290. The number of hydrogen-bond donors (Lipinski definition) is 0. The smallest absolute Gasteiger partial charge is 0.207 e. The molecule has 0 aliphatic heterocycles. The number of benzene rings is 2. The summed E-state index contributed by atoms with van der Waals surface area (Å²) >= 11 is 0. The fourth-order valence-corrected chi connectivity index (χ4v) is 2.45. The highest BCUT2D eigenvalue weighted by Gasteiger charge is 2.74. The van der Waals surface area contributed by atoms with Gasteiger partial charge in [0.1, 0.15) is 11.6 Å². The minimum atomic E-state index is -6.02. The predicted molar refractivity (Wildman–Crippen MR) is 65.7 cm³/mol. The molecule has 0 spiro atoms. The molecule has 0 heterocycles. The average molecular weight is 340 g/mol. The summed E-state index contributed by atoms with van der Waals surface area (Å²) in [5.41, 5.74) is -8.22. The summed E-state index contributed by atoms with van der Waals surface area (Å²) in [4.78, 5) is 0. The molecule has 0 atom stereocenters.